The summed E-state index contributed by atoms with van der Waals surface area (Å²) in [5.41, 5.74) is 8.79. The van der Waals surface area contributed by atoms with Gasteiger partial charge < -0.3 is 0 Å². The Kier molecular flexibility index (Phi) is 6.44. The summed E-state index contributed by atoms with van der Waals surface area (Å²) in [6.07, 6.45) is 19.4. The predicted molar refractivity (Wildman–Crippen MR) is 171 cm³/mol. The van der Waals surface area contributed by atoms with Crippen molar-refractivity contribution in [3.05, 3.63) is 70.8 Å². The Labute approximate surface area is 242 Å². The van der Waals surface area contributed by atoms with E-state index in [2.05, 4.69) is 73.9 Å². The van der Waals surface area contributed by atoms with Crippen molar-refractivity contribution in [3.63, 3.8) is 0 Å². The van der Waals surface area contributed by atoms with Crippen molar-refractivity contribution in [1.29, 1.82) is 0 Å². The van der Waals surface area contributed by atoms with E-state index in [4.69, 9.17) is 0 Å². The van der Waals surface area contributed by atoms with Gasteiger partial charge in [0.05, 0.1) is 0 Å². The molecule has 2 heteroatoms. The minimum absolute atomic E-state index is 0.529. The lowest BCUT2D eigenvalue weighted by atomic mass is 9.47. The van der Waals surface area contributed by atoms with E-state index in [1.165, 1.54) is 82.6 Å². The SMILES string of the molecule is CC(Cc1ccccc1)c1ccc(C(P)C23CC4CC(CC(C4)C2)C3)c(C(P)C23CC4CC(CC(C4)C2)C3)c1. The topological polar surface area (TPSA) is 0 Å². The van der Waals surface area contributed by atoms with Crippen molar-refractivity contribution in [2.24, 2.45) is 46.3 Å². The zero-order chi connectivity index (χ0) is 26.4. The van der Waals surface area contributed by atoms with Crippen molar-refractivity contribution in [2.75, 3.05) is 0 Å². The molecule has 0 radical (unpaired) electrons. The second-order valence-corrected chi connectivity index (χ2v) is 17.3. The van der Waals surface area contributed by atoms with Crippen LogP contribution in [0.5, 0.6) is 0 Å². The lowest BCUT2D eigenvalue weighted by molar-refractivity contribution is -0.0575. The molecule has 10 rings (SSSR count). The largest absolute Gasteiger partial charge is 0.129 e. The third-order valence-electron chi connectivity index (χ3n) is 13.2. The van der Waals surface area contributed by atoms with Crippen LogP contribution in [0.4, 0.5) is 0 Å². The zero-order valence-electron chi connectivity index (χ0n) is 24.2. The van der Waals surface area contributed by atoms with Crippen molar-refractivity contribution in [3.8, 4) is 0 Å². The Hall–Kier alpha value is -0.700. The van der Waals surface area contributed by atoms with Gasteiger partial charge in [0, 0.05) is 11.3 Å². The fraction of sp³-hybridized carbons (Fsp3) is 0.676. The summed E-state index contributed by atoms with van der Waals surface area (Å²) >= 11 is 0. The molecule has 2 aromatic rings. The quantitative estimate of drug-likeness (QED) is 0.298. The molecule has 0 saturated heterocycles. The Morgan fingerprint density at radius 1 is 0.615 bits per heavy atom. The summed E-state index contributed by atoms with van der Waals surface area (Å²) in [6, 6.07) is 19.1. The monoisotopic (exact) mass is 556 g/mol. The third kappa shape index (κ3) is 4.44. The van der Waals surface area contributed by atoms with Gasteiger partial charge in [-0.1, -0.05) is 55.5 Å². The van der Waals surface area contributed by atoms with Crippen LogP contribution >= 0.6 is 18.5 Å². The highest BCUT2D eigenvalue weighted by molar-refractivity contribution is 7.17. The van der Waals surface area contributed by atoms with Gasteiger partial charge in [-0.2, -0.15) is 0 Å². The van der Waals surface area contributed by atoms with Crippen LogP contribution in [-0.2, 0) is 6.42 Å². The van der Waals surface area contributed by atoms with Crippen LogP contribution < -0.4 is 0 Å². The zero-order valence-corrected chi connectivity index (χ0v) is 26.5. The fourth-order valence-electron chi connectivity index (χ4n) is 12.3. The van der Waals surface area contributed by atoms with Crippen LogP contribution in [0.2, 0.25) is 0 Å². The van der Waals surface area contributed by atoms with E-state index in [1.807, 2.05) is 0 Å². The van der Waals surface area contributed by atoms with Crippen LogP contribution in [0.1, 0.15) is 123 Å². The molecular weight excluding hydrogens is 506 g/mol. The second kappa shape index (κ2) is 9.67. The summed E-state index contributed by atoms with van der Waals surface area (Å²) in [5, 5.41) is 0. The van der Waals surface area contributed by atoms with E-state index in [-0.39, 0.29) is 0 Å². The first-order valence-electron chi connectivity index (χ1n) is 16.6. The minimum Gasteiger partial charge on any atom is -0.129 e. The van der Waals surface area contributed by atoms with E-state index in [9.17, 15) is 0 Å². The maximum Gasteiger partial charge on any atom is 0.00450 e. The normalized spacial score (nSPS) is 42.0. The van der Waals surface area contributed by atoms with Gasteiger partial charge in [0.15, 0.2) is 0 Å². The van der Waals surface area contributed by atoms with Gasteiger partial charge in [-0.3, -0.25) is 0 Å². The van der Waals surface area contributed by atoms with E-state index in [1.54, 1.807) is 16.7 Å². The first-order valence-corrected chi connectivity index (χ1v) is 17.9. The van der Waals surface area contributed by atoms with E-state index >= 15 is 0 Å². The molecule has 0 spiro atoms. The molecule has 5 unspecified atom stereocenters. The Morgan fingerprint density at radius 3 is 1.51 bits per heavy atom. The first kappa shape index (κ1) is 26.0. The van der Waals surface area contributed by atoms with Gasteiger partial charge in [0.1, 0.15) is 0 Å². The predicted octanol–water partition coefficient (Wildman–Crippen LogP) is 10.3. The van der Waals surface area contributed by atoms with E-state index in [0.717, 1.165) is 41.9 Å². The number of hydrogen-bond acceptors (Lipinski definition) is 0. The van der Waals surface area contributed by atoms with E-state index < -0.39 is 0 Å². The average Bonchev–Trinajstić information content (AvgIpc) is 2.91. The third-order valence-corrected chi connectivity index (χ3v) is 15.4. The maximum absolute atomic E-state index is 3.51. The summed E-state index contributed by atoms with van der Waals surface area (Å²) in [6.45, 7) is 2.46. The fourth-order valence-corrected chi connectivity index (χ4v) is 13.7. The van der Waals surface area contributed by atoms with Crippen LogP contribution in [0.15, 0.2) is 48.5 Å². The van der Waals surface area contributed by atoms with Crippen molar-refractivity contribution in [1.82, 2.24) is 0 Å². The molecule has 8 aliphatic rings. The second-order valence-electron chi connectivity index (χ2n) is 16.0. The molecule has 0 nitrogen and oxygen atoms in total. The van der Waals surface area contributed by atoms with Gasteiger partial charge in [0.2, 0.25) is 0 Å². The molecule has 2 aromatic carbocycles. The highest BCUT2D eigenvalue weighted by Gasteiger charge is 2.56. The molecule has 208 valence electrons. The van der Waals surface area contributed by atoms with Crippen LogP contribution in [0.3, 0.4) is 0 Å². The standard InChI is InChI=1S/C37H50P2/c1-23(9-24-5-3-2-4-6-24)31-7-8-32(34(38)36-17-25-10-26(18-36)12-27(11-25)19-36)33(16-31)35(39)37-20-28-13-29(21-37)15-30(14-28)22-37/h2-8,16,23,25-30,34-35H,9-15,17-22,38-39H2,1H3. The molecule has 0 aliphatic heterocycles. The minimum atomic E-state index is 0.529. The summed E-state index contributed by atoms with van der Waals surface area (Å²) in [5.74, 6) is 6.64. The first-order chi connectivity index (χ1) is 18.9. The molecule has 0 heterocycles. The molecule has 0 amide bonds. The maximum atomic E-state index is 3.51. The Balaban J connectivity index is 1.17. The molecule has 8 aliphatic carbocycles. The Morgan fingerprint density at radius 2 is 1.05 bits per heavy atom. The van der Waals surface area contributed by atoms with Gasteiger partial charge in [0.25, 0.3) is 0 Å². The van der Waals surface area contributed by atoms with Gasteiger partial charge in [-0.25, -0.2) is 0 Å². The lowest BCUT2D eigenvalue weighted by Crippen LogP contribution is -2.49. The molecule has 39 heavy (non-hydrogen) atoms. The average molecular weight is 557 g/mol. The lowest BCUT2D eigenvalue weighted by Gasteiger charge is -2.60. The number of benzene rings is 2. The molecular formula is C37H50P2. The summed E-state index contributed by atoms with van der Waals surface area (Å²) in [4.78, 5) is 0. The van der Waals surface area contributed by atoms with Gasteiger partial charge >= 0.3 is 0 Å². The summed E-state index contributed by atoms with van der Waals surface area (Å²) in [7, 11) is 7.01. The highest BCUT2D eigenvalue weighted by Crippen LogP contribution is 2.69. The van der Waals surface area contributed by atoms with Gasteiger partial charge in [-0.05, 0) is 158 Å². The number of hydrogen-bond donors (Lipinski definition) is 0. The van der Waals surface area contributed by atoms with Crippen LogP contribution in [0, 0.1) is 46.3 Å². The number of rotatable bonds is 7. The van der Waals surface area contributed by atoms with E-state index in [0.29, 0.717) is 28.1 Å². The molecule has 8 fully saturated rings. The van der Waals surface area contributed by atoms with Crippen LogP contribution in [-0.4, -0.2) is 0 Å². The van der Waals surface area contributed by atoms with Gasteiger partial charge in [-0.15, -0.1) is 18.5 Å². The van der Waals surface area contributed by atoms with Crippen molar-refractivity contribution in [2.45, 2.75) is 108 Å². The molecule has 5 atom stereocenters. The van der Waals surface area contributed by atoms with Crippen LogP contribution in [0.25, 0.3) is 0 Å². The molecule has 8 saturated carbocycles. The van der Waals surface area contributed by atoms with Crippen molar-refractivity contribution >= 4 is 18.5 Å². The molecule has 0 aromatic heterocycles. The van der Waals surface area contributed by atoms with Crippen molar-refractivity contribution < 1.29 is 0 Å². The molecule has 0 N–H and O–H groups in total. The smallest absolute Gasteiger partial charge is 0.00450 e. The molecule has 8 bridgehead atoms. The highest BCUT2D eigenvalue weighted by atomic mass is 31.0. The summed E-state index contributed by atoms with van der Waals surface area (Å²) < 4.78 is 0. The Bertz CT molecular complexity index is 1140.